The van der Waals surface area contributed by atoms with E-state index >= 15 is 0 Å². The Morgan fingerprint density at radius 2 is 1.68 bits per heavy atom. The number of nitrogens with one attached hydrogen (secondary N) is 1. The number of benzene rings is 3. The van der Waals surface area contributed by atoms with Crippen molar-refractivity contribution >= 4 is 39.1 Å². The summed E-state index contributed by atoms with van der Waals surface area (Å²) in [5.74, 6) is -1.61. The standard InChI is InChI=1S/C30H35ClFN3O5S/c1-20-11-14-24(15-12-20)41(38,39)35(26-17-23(31)13-16-27(26)40-6)19-28(36)34(18-22-9-7-8-10-25(22)32)21(2)29(37)33-30(3,4)5/h7-17,21H,18-19H2,1-6H3,(H,33,37)/t21-/m0/s1. The van der Waals surface area contributed by atoms with Gasteiger partial charge in [0.1, 0.15) is 24.2 Å². The first-order chi connectivity index (χ1) is 19.1. The number of carbonyl (C=O) groups excluding carboxylic acids is 2. The molecule has 0 saturated heterocycles. The highest BCUT2D eigenvalue weighted by Crippen LogP contribution is 2.35. The van der Waals surface area contributed by atoms with Crippen LogP contribution in [-0.4, -0.2) is 50.4 Å². The maximum absolute atomic E-state index is 14.7. The van der Waals surface area contributed by atoms with Crippen molar-refractivity contribution in [2.24, 2.45) is 0 Å². The van der Waals surface area contributed by atoms with Gasteiger partial charge in [-0.3, -0.25) is 13.9 Å². The van der Waals surface area contributed by atoms with E-state index in [1.807, 2.05) is 6.92 Å². The van der Waals surface area contributed by atoms with Crippen LogP contribution in [0.1, 0.15) is 38.8 Å². The van der Waals surface area contributed by atoms with Gasteiger partial charge in [0, 0.05) is 22.7 Å². The first kappa shape index (κ1) is 31.9. The average molecular weight is 604 g/mol. The first-order valence-corrected chi connectivity index (χ1v) is 14.7. The van der Waals surface area contributed by atoms with Crippen LogP contribution < -0.4 is 14.4 Å². The Hall–Kier alpha value is -3.63. The average Bonchev–Trinajstić information content (AvgIpc) is 2.90. The molecule has 0 heterocycles. The van der Waals surface area contributed by atoms with E-state index in [4.69, 9.17) is 16.3 Å². The number of carbonyl (C=O) groups is 2. The fourth-order valence-electron chi connectivity index (χ4n) is 4.08. The summed E-state index contributed by atoms with van der Waals surface area (Å²) in [5.41, 5.74) is 0.449. The molecule has 11 heteroatoms. The maximum atomic E-state index is 14.7. The van der Waals surface area contributed by atoms with E-state index in [9.17, 15) is 22.4 Å². The number of aryl methyl sites for hydroxylation is 1. The molecule has 0 aliphatic rings. The van der Waals surface area contributed by atoms with Crippen molar-refractivity contribution in [1.29, 1.82) is 0 Å². The van der Waals surface area contributed by atoms with E-state index in [1.165, 1.54) is 62.6 Å². The second-order valence-electron chi connectivity index (χ2n) is 10.7. The molecule has 2 amide bonds. The van der Waals surface area contributed by atoms with Gasteiger partial charge in [-0.25, -0.2) is 12.8 Å². The van der Waals surface area contributed by atoms with Crippen molar-refractivity contribution in [3.05, 3.63) is 88.7 Å². The minimum absolute atomic E-state index is 0.0339. The number of anilines is 1. The zero-order valence-corrected chi connectivity index (χ0v) is 25.5. The highest BCUT2D eigenvalue weighted by atomic mass is 35.5. The summed E-state index contributed by atoms with van der Waals surface area (Å²) in [6.45, 7) is 7.73. The molecule has 1 N–H and O–H groups in total. The van der Waals surface area contributed by atoms with Crippen molar-refractivity contribution in [2.75, 3.05) is 18.0 Å². The van der Waals surface area contributed by atoms with Gasteiger partial charge < -0.3 is 15.0 Å². The molecule has 3 aromatic rings. The number of nitrogens with zero attached hydrogens (tertiary/aromatic N) is 2. The van der Waals surface area contributed by atoms with Gasteiger partial charge in [-0.2, -0.15) is 0 Å². The summed E-state index contributed by atoms with van der Waals surface area (Å²) >= 11 is 6.25. The number of amides is 2. The number of hydrogen-bond acceptors (Lipinski definition) is 5. The molecule has 0 radical (unpaired) electrons. The third-order valence-electron chi connectivity index (χ3n) is 6.26. The Kier molecular flexibility index (Phi) is 10.0. The number of halogens is 2. The molecule has 3 rings (SSSR count). The van der Waals surface area contributed by atoms with Crippen LogP contribution in [0.15, 0.2) is 71.6 Å². The quantitative estimate of drug-likeness (QED) is 0.338. The lowest BCUT2D eigenvalue weighted by Crippen LogP contribution is -2.54. The fourth-order valence-corrected chi connectivity index (χ4v) is 5.66. The van der Waals surface area contributed by atoms with Crippen LogP contribution >= 0.6 is 11.6 Å². The van der Waals surface area contributed by atoms with Crippen molar-refractivity contribution < 1.29 is 27.1 Å². The van der Waals surface area contributed by atoms with Gasteiger partial charge in [0.2, 0.25) is 11.8 Å². The number of methoxy groups -OCH3 is 1. The van der Waals surface area contributed by atoms with Crippen LogP contribution in [0.25, 0.3) is 0 Å². The highest BCUT2D eigenvalue weighted by Gasteiger charge is 2.35. The molecule has 8 nitrogen and oxygen atoms in total. The van der Waals surface area contributed by atoms with Gasteiger partial charge in [0.25, 0.3) is 10.0 Å². The minimum atomic E-state index is -4.33. The Balaban J connectivity index is 2.12. The molecule has 0 spiro atoms. The molecule has 0 saturated carbocycles. The molecule has 0 aromatic heterocycles. The zero-order valence-electron chi connectivity index (χ0n) is 23.9. The van der Waals surface area contributed by atoms with Crippen LogP contribution in [0.5, 0.6) is 5.75 Å². The van der Waals surface area contributed by atoms with Gasteiger partial charge in [-0.1, -0.05) is 47.5 Å². The van der Waals surface area contributed by atoms with Crippen LogP contribution in [-0.2, 0) is 26.2 Å². The summed E-state index contributed by atoms with van der Waals surface area (Å²) in [6.07, 6.45) is 0. The second-order valence-corrected chi connectivity index (χ2v) is 13.0. The lowest BCUT2D eigenvalue weighted by molar-refractivity contribution is -0.140. The predicted molar refractivity (Wildman–Crippen MR) is 158 cm³/mol. The first-order valence-electron chi connectivity index (χ1n) is 12.9. The summed E-state index contributed by atoms with van der Waals surface area (Å²) in [5, 5.41) is 3.05. The predicted octanol–water partition coefficient (Wildman–Crippen LogP) is 5.32. The topological polar surface area (TPSA) is 96.0 Å². The molecule has 0 aliphatic carbocycles. The summed E-state index contributed by atoms with van der Waals surface area (Å²) < 4.78 is 49.0. The molecule has 0 bridgehead atoms. The van der Waals surface area contributed by atoms with Crippen LogP contribution in [0, 0.1) is 12.7 Å². The monoisotopic (exact) mass is 603 g/mol. The third kappa shape index (κ3) is 7.98. The van der Waals surface area contributed by atoms with Crippen molar-refractivity contribution in [2.45, 2.75) is 57.6 Å². The van der Waals surface area contributed by atoms with Crippen molar-refractivity contribution in [3.8, 4) is 5.75 Å². The minimum Gasteiger partial charge on any atom is -0.495 e. The Morgan fingerprint density at radius 1 is 1.05 bits per heavy atom. The molecule has 0 unspecified atom stereocenters. The largest absolute Gasteiger partial charge is 0.495 e. The lowest BCUT2D eigenvalue weighted by Gasteiger charge is -2.33. The van der Waals surface area contributed by atoms with E-state index in [2.05, 4.69) is 5.32 Å². The number of sulfonamides is 1. The smallest absolute Gasteiger partial charge is 0.264 e. The Morgan fingerprint density at radius 3 is 2.27 bits per heavy atom. The number of rotatable bonds is 10. The SMILES string of the molecule is COc1ccc(Cl)cc1N(CC(=O)N(Cc1ccccc1F)[C@@H](C)C(=O)NC(C)(C)C)S(=O)(=O)c1ccc(C)cc1. The van der Waals surface area contributed by atoms with Crippen molar-refractivity contribution in [1.82, 2.24) is 10.2 Å². The molecular formula is C30H35ClFN3O5S. The summed E-state index contributed by atoms with van der Waals surface area (Å²) in [4.78, 5) is 28.3. The van der Waals surface area contributed by atoms with Gasteiger partial charge in [-0.15, -0.1) is 0 Å². The maximum Gasteiger partial charge on any atom is 0.264 e. The molecule has 220 valence electrons. The van der Waals surface area contributed by atoms with E-state index in [-0.39, 0.29) is 33.5 Å². The Bertz CT molecular complexity index is 1510. The number of ether oxygens (including phenoxy) is 1. The van der Waals surface area contributed by atoms with Gasteiger partial charge in [0.15, 0.2) is 0 Å². The van der Waals surface area contributed by atoms with Crippen LogP contribution in [0.2, 0.25) is 5.02 Å². The third-order valence-corrected chi connectivity index (χ3v) is 8.27. The molecule has 41 heavy (non-hydrogen) atoms. The molecule has 0 aliphatic heterocycles. The molecular weight excluding hydrogens is 569 g/mol. The highest BCUT2D eigenvalue weighted by molar-refractivity contribution is 7.92. The van der Waals surface area contributed by atoms with Crippen molar-refractivity contribution in [3.63, 3.8) is 0 Å². The molecule has 3 aromatic carbocycles. The fraction of sp³-hybridized carbons (Fsp3) is 0.333. The number of hydrogen-bond donors (Lipinski definition) is 1. The summed E-state index contributed by atoms with van der Waals surface area (Å²) in [7, 11) is -2.96. The zero-order chi connectivity index (χ0) is 30.5. The van der Waals surface area contributed by atoms with Gasteiger partial charge in [0.05, 0.1) is 17.7 Å². The molecule has 0 fully saturated rings. The van der Waals surface area contributed by atoms with Crippen LogP contribution in [0.3, 0.4) is 0 Å². The Labute approximate surface area is 246 Å². The van der Waals surface area contributed by atoms with Gasteiger partial charge in [-0.05, 0) is 71.0 Å². The van der Waals surface area contributed by atoms with E-state index < -0.39 is 45.8 Å². The van der Waals surface area contributed by atoms with E-state index in [1.54, 1.807) is 39.0 Å². The van der Waals surface area contributed by atoms with Gasteiger partial charge >= 0.3 is 0 Å². The van der Waals surface area contributed by atoms with E-state index in [0.717, 1.165) is 14.8 Å². The van der Waals surface area contributed by atoms with E-state index in [0.29, 0.717) is 0 Å². The second kappa shape index (κ2) is 12.9. The molecule has 1 atom stereocenters. The van der Waals surface area contributed by atoms with Crippen LogP contribution in [0.4, 0.5) is 10.1 Å². The lowest BCUT2D eigenvalue weighted by atomic mass is 10.1. The summed E-state index contributed by atoms with van der Waals surface area (Å²) in [6, 6.07) is 15.4. The normalized spacial score (nSPS) is 12.4.